The lowest BCUT2D eigenvalue weighted by molar-refractivity contribution is -0.130. The summed E-state index contributed by atoms with van der Waals surface area (Å²) >= 11 is 1.62. The number of hydrogen-bond donors (Lipinski definition) is 1. The van der Waals surface area contributed by atoms with Gasteiger partial charge in [0.25, 0.3) is 0 Å². The Morgan fingerprint density at radius 3 is 2.94 bits per heavy atom. The second kappa shape index (κ2) is 4.97. The van der Waals surface area contributed by atoms with Gasteiger partial charge < -0.3 is 10.0 Å². The highest BCUT2D eigenvalue weighted by molar-refractivity contribution is 7.07. The number of likely N-dealkylation sites (N-methyl/N-ethyl adjacent to an activating group) is 1. The average Bonchev–Trinajstić information content (AvgIpc) is 2.68. The standard InChI is InChI=1S/C12H17NO2S/c1-13(7-10-4-11(14)5-10)12(15)6-9-2-3-16-8-9/h2-3,8,10-11,14H,4-7H2,1H3. The lowest BCUT2D eigenvalue weighted by Crippen LogP contribution is -2.40. The Kier molecular flexibility index (Phi) is 3.61. The number of hydrogen-bond acceptors (Lipinski definition) is 3. The predicted octanol–water partition coefficient (Wildman–Crippen LogP) is 1.52. The molecule has 0 atom stereocenters. The molecule has 2 rings (SSSR count). The van der Waals surface area contributed by atoms with Crippen LogP contribution in [0.15, 0.2) is 16.8 Å². The van der Waals surface area contributed by atoms with E-state index >= 15 is 0 Å². The van der Waals surface area contributed by atoms with Crippen molar-refractivity contribution in [2.75, 3.05) is 13.6 Å². The van der Waals surface area contributed by atoms with Crippen molar-refractivity contribution < 1.29 is 9.90 Å². The number of carbonyl (C=O) groups is 1. The molecule has 1 amide bonds. The lowest BCUT2D eigenvalue weighted by atomic mass is 9.82. The Morgan fingerprint density at radius 1 is 1.62 bits per heavy atom. The molecule has 1 fully saturated rings. The summed E-state index contributed by atoms with van der Waals surface area (Å²) in [6.07, 6.45) is 2.05. The first-order chi connectivity index (χ1) is 7.65. The van der Waals surface area contributed by atoms with E-state index in [2.05, 4.69) is 0 Å². The van der Waals surface area contributed by atoms with Crippen LogP contribution in [-0.4, -0.2) is 35.6 Å². The third-order valence-electron chi connectivity index (χ3n) is 3.10. The fraction of sp³-hybridized carbons (Fsp3) is 0.583. The van der Waals surface area contributed by atoms with Gasteiger partial charge >= 0.3 is 0 Å². The second-order valence-electron chi connectivity index (χ2n) is 4.57. The van der Waals surface area contributed by atoms with E-state index in [1.165, 1.54) is 0 Å². The summed E-state index contributed by atoms with van der Waals surface area (Å²) in [5.74, 6) is 0.659. The molecule has 1 aliphatic carbocycles. The highest BCUT2D eigenvalue weighted by Crippen LogP contribution is 2.27. The number of aliphatic hydroxyl groups excluding tert-OH is 1. The fourth-order valence-electron chi connectivity index (χ4n) is 2.04. The minimum Gasteiger partial charge on any atom is -0.393 e. The quantitative estimate of drug-likeness (QED) is 0.865. The third-order valence-corrected chi connectivity index (χ3v) is 3.84. The summed E-state index contributed by atoms with van der Waals surface area (Å²) < 4.78 is 0. The molecule has 0 saturated heterocycles. The van der Waals surface area contributed by atoms with Crippen LogP contribution in [0.25, 0.3) is 0 Å². The van der Waals surface area contributed by atoms with Crippen LogP contribution < -0.4 is 0 Å². The van der Waals surface area contributed by atoms with E-state index in [9.17, 15) is 9.90 Å². The maximum Gasteiger partial charge on any atom is 0.226 e. The van der Waals surface area contributed by atoms with Gasteiger partial charge in [0, 0.05) is 13.6 Å². The molecule has 0 spiro atoms. The molecule has 0 radical (unpaired) electrons. The van der Waals surface area contributed by atoms with Gasteiger partial charge in [0.2, 0.25) is 5.91 Å². The topological polar surface area (TPSA) is 40.5 Å². The van der Waals surface area contributed by atoms with E-state index in [0.717, 1.165) is 24.9 Å². The SMILES string of the molecule is CN(CC1CC(O)C1)C(=O)Cc1ccsc1. The molecule has 3 nitrogen and oxygen atoms in total. The maximum atomic E-state index is 11.8. The van der Waals surface area contributed by atoms with Crippen LogP contribution >= 0.6 is 11.3 Å². The van der Waals surface area contributed by atoms with E-state index in [4.69, 9.17) is 0 Å². The molecule has 0 bridgehead atoms. The molecular weight excluding hydrogens is 222 g/mol. The van der Waals surface area contributed by atoms with E-state index in [1.807, 2.05) is 23.9 Å². The van der Waals surface area contributed by atoms with E-state index < -0.39 is 0 Å². The summed E-state index contributed by atoms with van der Waals surface area (Å²) in [7, 11) is 1.85. The van der Waals surface area contributed by atoms with Crippen molar-refractivity contribution in [2.45, 2.75) is 25.4 Å². The number of thiophene rings is 1. The number of amides is 1. The molecule has 0 aliphatic heterocycles. The van der Waals surface area contributed by atoms with Gasteiger partial charge in [0.1, 0.15) is 0 Å². The summed E-state index contributed by atoms with van der Waals surface area (Å²) in [5, 5.41) is 13.2. The fourth-order valence-corrected chi connectivity index (χ4v) is 2.71. The smallest absolute Gasteiger partial charge is 0.226 e. The Morgan fingerprint density at radius 2 is 2.38 bits per heavy atom. The molecule has 88 valence electrons. The zero-order chi connectivity index (χ0) is 11.5. The highest BCUT2D eigenvalue weighted by atomic mass is 32.1. The van der Waals surface area contributed by atoms with Gasteiger partial charge in [-0.25, -0.2) is 0 Å². The first kappa shape index (κ1) is 11.6. The molecule has 1 saturated carbocycles. The number of rotatable bonds is 4. The van der Waals surface area contributed by atoms with E-state index in [1.54, 1.807) is 16.2 Å². The number of carbonyl (C=O) groups excluding carboxylic acids is 1. The van der Waals surface area contributed by atoms with Crippen LogP contribution in [0.1, 0.15) is 18.4 Å². The molecule has 16 heavy (non-hydrogen) atoms. The van der Waals surface area contributed by atoms with Gasteiger partial charge in [0.05, 0.1) is 12.5 Å². The largest absolute Gasteiger partial charge is 0.393 e. The van der Waals surface area contributed by atoms with Gasteiger partial charge in [-0.05, 0) is 41.1 Å². The molecule has 0 aromatic carbocycles. The summed E-state index contributed by atoms with van der Waals surface area (Å²) in [5.41, 5.74) is 1.09. The van der Waals surface area contributed by atoms with Gasteiger partial charge in [-0.1, -0.05) is 0 Å². The molecular formula is C12H17NO2S. The first-order valence-electron chi connectivity index (χ1n) is 5.58. The van der Waals surface area contributed by atoms with Crippen molar-refractivity contribution in [3.63, 3.8) is 0 Å². The predicted molar refractivity (Wildman–Crippen MR) is 64.4 cm³/mol. The van der Waals surface area contributed by atoms with Crippen molar-refractivity contribution in [3.05, 3.63) is 22.4 Å². The molecule has 0 unspecified atom stereocenters. The summed E-state index contributed by atoms with van der Waals surface area (Å²) in [4.78, 5) is 13.6. The molecule has 1 aliphatic rings. The van der Waals surface area contributed by atoms with Crippen LogP contribution in [0.2, 0.25) is 0 Å². The van der Waals surface area contributed by atoms with Crippen LogP contribution in [0.5, 0.6) is 0 Å². The molecule has 1 aromatic rings. The van der Waals surface area contributed by atoms with E-state index in [-0.39, 0.29) is 12.0 Å². The van der Waals surface area contributed by atoms with Crippen LogP contribution in [0.3, 0.4) is 0 Å². The van der Waals surface area contributed by atoms with Crippen LogP contribution in [0.4, 0.5) is 0 Å². The van der Waals surface area contributed by atoms with Crippen molar-refractivity contribution in [3.8, 4) is 0 Å². The molecule has 1 aromatic heterocycles. The Balaban J connectivity index is 1.76. The summed E-state index contributed by atoms with van der Waals surface area (Å²) in [6, 6.07) is 1.99. The minimum atomic E-state index is -0.134. The zero-order valence-corrected chi connectivity index (χ0v) is 10.2. The molecule has 1 N–H and O–H groups in total. The molecule has 1 heterocycles. The van der Waals surface area contributed by atoms with Crippen LogP contribution in [0, 0.1) is 5.92 Å². The zero-order valence-electron chi connectivity index (χ0n) is 9.43. The maximum absolute atomic E-state index is 11.8. The van der Waals surface area contributed by atoms with Crippen molar-refractivity contribution >= 4 is 17.2 Å². The van der Waals surface area contributed by atoms with Crippen LogP contribution in [-0.2, 0) is 11.2 Å². The lowest BCUT2D eigenvalue weighted by Gasteiger charge is -2.34. The first-order valence-corrected chi connectivity index (χ1v) is 6.52. The third kappa shape index (κ3) is 2.83. The van der Waals surface area contributed by atoms with Gasteiger partial charge in [-0.15, -0.1) is 0 Å². The monoisotopic (exact) mass is 239 g/mol. The number of nitrogens with zero attached hydrogens (tertiary/aromatic N) is 1. The number of aliphatic hydroxyl groups is 1. The average molecular weight is 239 g/mol. The Hall–Kier alpha value is -0.870. The Bertz CT molecular complexity index is 344. The van der Waals surface area contributed by atoms with Gasteiger partial charge in [-0.2, -0.15) is 11.3 Å². The summed E-state index contributed by atoms with van der Waals surface area (Å²) in [6.45, 7) is 0.778. The van der Waals surface area contributed by atoms with Crippen molar-refractivity contribution in [1.29, 1.82) is 0 Å². The second-order valence-corrected chi connectivity index (χ2v) is 5.35. The molecule has 4 heteroatoms. The minimum absolute atomic E-state index is 0.134. The van der Waals surface area contributed by atoms with E-state index in [0.29, 0.717) is 12.3 Å². The normalized spacial score (nSPS) is 23.9. The highest BCUT2D eigenvalue weighted by Gasteiger charge is 2.28. The Labute approximate surface area is 99.7 Å². The van der Waals surface area contributed by atoms with Crippen molar-refractivity contribution in [1.82, 2.24) is 4.90 Å². The van der Waals surface area contributed by atoms with Crippen molar-refractivity contribution in [2.24, 2.45) is 5.92 Å². The van der Waals surface area contributed by atoms with Gasteiger partial charge in [-0.3, -0.25) is 4.79 Å². The van der Waals surface area contributed by atoms with Gasteiger partial charge in [0.15, 0.2) is 0 Å².